The Bertz CT molecular complexity index is 525. The van der Waals surface area contributed by atoms with Gasteiger partial charge in [-0.1, -0.05) is 47.6 Å². The molecule has 1 aliphatic carbocycles. The third-order valence-electron chi connectivity index (χ3n) is 4.60. The lowest BCUT2D eigenvalue weighted by molar-refractivity contribution is -0.0613. The number of piperidine rings is 1. The molecule has 1 saturated carbocycles. The Morgan fingerprint density at radius 2 is 2.00 bits per heavy atom. The summed E-state index contributed by atoms with van der Waals surface area (Å²) in [5.74, 6) is 0.964. The molecule has 20 heavy (non-hydrogen) atoms. The van der Waals surface area contributed by atoms with Gasteiger partial charge in [0.25, 0.3) is 0 Å². The second-order valence-electron chi connectivity index (χ2n) is 5.81. The van der Waals surface area contributed by atoms with Crippen LogP contribution in [0.15, 0.2) is 6.07 Å². The maximum absolute atomic E-state index is 10.7. The zero-order valence-corrected chi connectivity index (χ0v) is 13.3. The monoisotopic (exact) mass is 334 g/mol. The molecule has 3 nitrogen and oxygen atoms in total. The van der Waals surface area contributed by atoms with E-state index in [-0.39, 0.29) is 11.1 Å². The maximum atomic E-state index is 10.7. The van der Waals surface area contributed by atoms with Crippen LogP contribution in [-0.4, -0.2) is 28.8 Å². The molecule has 1 N–H and O–H groups in total. The standard InChI is InChI=1S/C14H17Cl3N2O/c15-10-7-11(16)13(18-12(10)17)19-6-5-14(20)4-2-1-3-9(14)8-19/h7,9,20H,1-6,8H2. The van der Waals surface area contributed by atoms with E-state index in [1.165, 1.54) is 6.42 Å². The molecule has 2 atom stereocenters. The Morgan fingerprint density at radius 1 is 1.20 bits per heavy atom. The van der Waals surface area contributed by atoms with Crippen molar-refractivity contribution < 1.29 is 5.11 Å². The van der Waals surface area contributed by atoms with Gasteiger partial charge in [-0.2, -0.15) is 0 Å². The van der Waals surface area contributed by atoms with Crippen molar-refractivity contribution in [3.63, 3.8) is 0 Å². The number of halogens is 3. The average molecular weight is 336 g/mol. The molecule has 1 aliphatic heterocycles. The van der Waals surface area contributed by atoms with Crippen LogP contribution in [0.25, 0.3) is 0 Å². The fraction of sp³-hybridized carbons (Fsp3) is 0.643. The predicted molar refractivity (Wildman–Crippen MR) is 83.0 cm³/mol. The van der Waals surface area contributed by atoms with Crippen LogP contribution in [0.5, 0.6) is 0 Å². The first-order valence-corrected chi connectivity index (χ1v) is 8.12. The summed E-state index contributed by atoms with van der Waals surface area (Å²) < 4.78 is 0. The van der Waals surface area contributed by atoms with Crippen molar-refractivity contribution in [1.82, 2.24) is 4.98 Å². The highest BCUT2D eigenvalue weighted by Crippen LogP contribution is 2.42. The largest absolute Gasteiger partial charge is 0.389 e. The second kappa shape index (κ2) is 5.53. The highest BCUT2D eigenvalue weighted by Gasteiger charge is 2.43. The Balaban J connectivity index is 1.84. The fourth-order valence-corrected chi connectivity index (χ4v) is 4.03. The van der Waals surface area contributed by atoms with Gasteiger partial charge < -0.3 is 10.0 Å². The van der Waals surface area contributed by atoms with Gasteiger partial charge in [-0.15, -0.1) is 0 Å². The van der Waals surface area contributed by atoms with E-state index in [9.17, 15) is 5.11 Å². The summed E-state index contributed by atoms with van der Waals surface area (Å²) >= 11 is 18.1. The number of fused-ring (bicyclic) bond motifs is 1. The summed E-state index contributed by atoms with van der Waals surface area (Å²) in [7, 11) is 0. The molecule has 3 rings (SSSR count). The summed E-state index contributed by atoms with van der Waals surface area (Å²) in [5.41, 5.74) is -0.503. The molecule has 2 heterocycles. The fourth-order valence-electron chi connectivity index (χ4n) is 3.42. The minimum atomic E-state index is -0.503. The van der Waals surface area contributed by atoms with Crippen LogP contribution < -0.4 is 4.90 Å². The number of rotatable bonds is 1. The van der Waals surface area contributed by atoms with E-state index >= 15 is 0 Å². The quantitative estimate of drug-likeness (QED) is 0.782. The van der Waals surface area contributed by atoms with E-state index in [2.05, 4.69) is 9.88 Å². The van der Waals surface area contributed by atoms with Crippen LogP contribution in [0.1, 0.15) is 32.1 Å². The predicted octanol–water partition coefficient (Wildman–Crippen LogP) is 4.17. The lowest BCUT2D eigenvalue weighted by Crippen LogP contribution is -2.53. The second-order valence-corrected chi connectivity index (χ2v) is 6.98. The Morgan fingerprint density at radius 3 is 2.80 bits per heavy atom. The maximum Gasteiger partial charge on any atom is 0.150 e. The minimum absolute atomic E-state index is 0.274. The SMILES string of the molecule is OC12CCCCC1CN(c1nc(Cl)c(Cl)cc1Cl)CC2. The number of aromatic nitrogens is 1. The zero-order chi connectivity index (χ0) is 14.3. The first kappa shape index (κ1) is 14.7. The summed E-state index contributed by atoms with van der Waals surface area (Å²) in [6.07, 6.45) is 5.04. The van der Waals surface area contributed by atoms with Crippen molar-refractivity contribution in [1.29, 1.82) is 0 Å². The van der Waals surface area contributed by atoms with E-state index < -0.39 is 5.60 Å². The molecule has 0 bridgehead atoms. The van der Waals surface area contributed by atoms with Crippen LogP contribution in [0.2, 0.25) is 15.2 Å². The third kappa shape index (κ3) is 2.61. The molecule has 1 saturated heterocycles. The Kier molecular flexibility index (Phi) is 4.06. The first-order chi connectivity index (χ1) is 9.49. The number of nitrogens with zero attached hydrogens (tertiary/aromatic N) is 2. The molecule has 1 aromatic heterocycles. The first-order valence-electron chi connectivity index (χ1n) is 6.98. The van der Waals surface area contributed by atoms with Crippen molar-refractivity contribution in [2.24, 2.45) is 5.92 Å². The summed E-state index contributed by atoms with van der Waals surface area (Å²) in [5, 5.41) is 11.9. The third-order valence-corrected chi connectivity index (χ3v) is 5.55. The topological polar surface area (TPSA) is 36.4 Å². The molecule has 0 amide bonds. The number of hydrogen-bond acceptors (Lipinski definition) is 3. The highest BCUT2D eigenvalue weighted by atomic mass is 35.5. The van der Waals surface area contributed by atoms with E-state index in [1.807, 2.05) is 0 Å². The molecule has 2 fully saturated rings. The molecule has 2 unspecified atom stereocenters. The van der Waals surface area contributed by atoms with Gasteiger partial charge in [0.2, 0.25) is 0 Å². The van der Waals surface area contributed by atoms with Crippen LogP contribution in [0, 0.1) is 5.92 Å². The van der Waals surface area contributed by atoms with Gasteiger partial charge in [-0.3, -0.25) is 0 Å². The minimum Gasteiger partial charge on any atom is -0.389 e. The zero-order valence-electron chi connectivity index (χ0n) is 11.1. The number of aliphatic hydroxyl groups is 1. The van der Waals surface area contributed by atoms with Crippen molar-refractivity contribution in [2.75, 3.05) is 18.0 Å². The number of anilines is 1. The number of pyridine rings is 1. The highest BCUT2D eigenvalue weighted by molar-refractivity contribution is 6.42. The van der Waals surface area contributed by atoms with Gasteiger partial charge in [0.15, 0.2) is 0 Å². The number of hydrogen-bond donors (Lipinski definition) is 1. The van der Waals surface area contributed by atoms with Gasteiger partial charge in [-0.25, -0.2) is 4.98 Å². The van der Waals surface area contributed by atoms with Gasteiger partial charge in [0.05, 0.1) is 15.6 Å². The summed E-state index contributed by atoms with van der Waals surface area (Å²) in [6.45, 7) is 1.53. The summed E-state index contributed by atoms with van der Waals surface area (Å²) in [4.78, 5) is 6.42. The molecule has 1 aromatic rings. The molecule has 0 aromatic carbocycles. The van der Waals surface area contributed by atoms with Gasteiger partial charge in [0.1, 0.15) is 11.0 Å². The van der Waals surface area contributed by atoms with Crippen molar-refractivity contribution in [3.8, 4) is 0 Å². The van der Waals surface area contributed by atoms with Gasteiger partial charge >= 0.3 is 0 Å². The molecule has 2 aliphatic rings. The van der Waals surface area contributed by atoms with E-state index in [0.29, 0.717) is 15.9 Å². The van der Waals surface area contributed by atoms with Gasteiger partial charge in [0, 0.05) is 19.0 Å². The van der Waals surface area contributed by atoms with Crippen LogP contribution in [0.3, 0.4) is 0 Å². The molecule has 110 valence electrons. The summed E-state index contributed by atoms with van der Waals surface area (Å²) in [6, 6.07) is 1.63. The van der Waals surface area contributed by atoms with Crippen molar-refractivity contribution in [2.45, 2.75) is 37.7 Å². The molecular weight excluding hydrogens is 319 g/mol. The molecule has 0 radical (unpaired) electrons. The van der Waals surface area contributed by atoms with E-state index in [4.69, 9.17) is 34.8 Å². The van der Waals surface area contributed by atoms with Crippen LogP contribution >= 0.6 is 34.8 Å². The van der Waals surface area contributed by atoms with Crippen LogP contribution in [0.4, 0.5) is 5.82 Å². The lowest BCUT2D eigenvalue weighted by atomic mass is 9.71. The Labute approximate surface area is 133 Å². The normalized spacial score (nSPS) is 30.2. The van der Waals surface area contributed by atoms with Crippen LogP contribution in [-0.2, 0) is 0 Å². The van der Waals surface area contributed by atoms with Crippen molar-refractivity contribution >= 4 is 40.6 Å². The average Bonchev–Trinajstić information content (AvgIpc) is 2.42. The molecule has 0 spiro atoms. The lowest BCUT2D eigenvalue weighted by Gasteiger charge is -2.47. The van der Waals surface area contributed by atoms with E-state index in [0.717, 1.165) is 38.8 Å². The van der Waals surface area contributed by atoms with Crippen molar-refractivity contribution in [3.05, 3.63) is 21.3 Å². The Hall–Kier alpha value is -0.220. The smallest absolute Gasteiger partial charge is 0.150 e. The molecular formula is C14H17Cl3N2O. The van der Waals surface area contributed by atoms with E-state index in [1.54, 1.807) is 6.07 Å². The molecule has 6 heteroatoms. The van der Waals surface area contributed by atoms with Gasteiger partial charge in [-0.05, 0) is 25.3 Å².